The first-order valence-corrected chi connectivity index (χ1v) is 6.31. The van der Waals surface area contributed by atoms with Gasteiger partial charge in [0.15, 0.2) is 0 Å². The minimum absolute atomic E-state index is 0.262. The topological polar surface area (TPSA) is 38.0 Å². The van der Waals surface area contributed by atoms with Crippen LogP contribution in [0, 0.1) is 5.82 Å². The number of halogens is 1. The molecule has 0 spiro atoms. The van der Waals surface area contributed by atoms with Gasteiger partial charge in [0, 0.05) is 29.0 Å². The van der Waals surface area contributed by atoms with Gasteiger partial charge in [0.25, 0.3) is 0 Å². The van der Waals surface area contributed by atoms with E-state index in [0.29, 0.717) is 5.82 Å². The van der Waals surface area contributed by atoms with Crippen molar-refractivity contribution in [2.45, 2.75) is 6.10 Å². The van der Waals surface area contributed by atoms with Crippen LogP contribution in [0.4, 0.5) is 4.39 Å². The first-order chi connectivity index (χ1) is 8.65. The summed E-state index contributed by atoms with van der Waals surface area (Å²) in [6, 6.07) is 6.50. The van der Waals surface area contributed by atoms with Crippen molar-refractivity contribution in [3.05, 3.63) is 53.2 Å². The van der Waals surface area contributed by atoms with E-state index in [1.54, 1.807) is 23.0 Å². The predicted molar refractivity (Wildman–Crippen MR) is 69.1 cm³/mol. The van der Waals surface area contributed by atoms with Gasteiger partial charge in [0.1, 0.15) is 17.7 Å². The molecule has 0 aliphatic carbocycles. The van der Waals surface area contributed by atoms with Crippen LogP contribution in [0.25, 0.3) is 10.1 Å². The number of aryl methyl sites for hydroxylation is 1. The Morgan fingerprint density at radius 1 is 1.39 bits per heavy atom. The largest absolute Gasteiger partial charge is 0.380 e. The highest BCUT2D eigenvalue weighted by molar-refractivity contribution is 7.19. The molecule has 18 heavy (non-hydrogen) atoms. The molecular weight excluding hydrogens is 251 g/mol. The van der Waals surface area contributed by atoms with Gasteiger partial charge in [-0.2, -0.15) is 0 Å². The quantitative estimate of drug-likeness (QED) is 0.771. The standard InChI is InChI=1S/C13H11FN2OS/c1-16-5-4-15-13(16)12(17)11-6-8-2-3-9(14)7-10(8)18-11/h2-7,12,17H,1H3. The molecule has 0 fully saturated rings. The van der Waals surface area contributed by atoms with Crippen LogP contribution < -0.4 is 0 Å². The van der Waals surface area contributed by atoms with E-state index in [-0.39, 0.29) is 5.82 Å². The molecule has 1 atom stereocenters. The molecule has 1 unspecified atom stereocenters. The minimum Gasteiger partial charge on any atom is -0.380 e. The fraction of sp³-hybridized carbons (Fsp3) is 0.154. The van der Waals surface area contributed by atoms with E-state index < -0.39 is 6.10 Å². The SMILES string of the molecule is Cn1ccnc1C(O)c1cc2ccc(F)cc2s1. The van der Waals surface area contributed by atoms with Gasteiger partial charge in [0.05, 0.1) is 0 Å². The Kier molecular flexibility index (Phi) is 2.65. The summed E-state index contributed by atoms with van der Waals surface area (Å²) in [7, 11) is 1.83. The number of aliphatic hydroxyl groups is 1. The van der Waals surface area contributed by atoms with Gasteiger partial charge in [-0.15, -0.1) is 11.3 Å². The maximum Gasteiger partial charge on any atom is 0.146 e. The first-order valence-electron chi connectivity index (χ1n) is 5.49. The second-order valence-corrected chi connectivity index (χ2v) is 5.25. The zero-order valence-electron chi connectivity index (χ0n) is 9.67. The minimum atomic E-state index is -0.773. The Labute approximate surface area is 107 Å². The molecule has 0 saturated heterocycles. The smallest absolute Gasteiger partial charge is 0.146 e. The molecular formula is C13H11FN2OS. The molecule has 0 amide bonds. The van der Waals surface area contributed by atoms with Crippen LogP contribution in [0.2, 0.25) is 0 Å². The van der Waals surface area contributed by atoms with Crippen LogP contribution in [0.5, 0.6) is 0 Å². The van der Waals surface area contributed by atoms with E-state index in [4.69, 9.17) is 0 Å². The number of rotatable bonds is 2. The summed E-state index contributed by atoms with van der Waals surface area (Å²) in [5.74, 6) is 0.324. The highest BCUT2D eigenvalue weighted by atomic mass is 32.1. The van der Waals surface area contributed by atoms with Crippen LogP contribution in [-0.4, -0.2) is 14.7 Å². The molecule has 0 aliphatic heterocycles. The van der Waals surface area contributed by atoms with Gasteiger partial charge in [-0.3, -0.25) is 0 Å². The van der Waals surface area contributed by atoms with Gasteiger partial charge in [-0.05, 0) is 23.6 Å². The molecule has 3 aromatic rings. The molecule has 0 saturated carbocycles. The average molecular weight is 262 g/mol. The first kappa shape index (κ1) is 11.4. The molecule has 0 bridgehead atoms. The van der Waals surface area contributed by atoms with Gasteiger partial charge in [-0.25, -0.2) is 9.37 Å². The van der Waals surface area contributed by atoms with Crippen molar-refractivity contribution in [1.82, 2.24) is 9.55 Å². The molecule has 2 aromatic heterocycles. The van der Waals surface area contributed by atoms with E-state index >= 15 is 0 Å². The predicted octanol–water partition coefficient (Wildman–Crippen LogP) is 2.86. The summed E-state index contributed by atoms with van der Waals surface area (Å²) in [6.45, 7) is 0. The fourth-order valence-corrected chi connectivity index (χ4v) is 3.00. The molecule has 1 aromatic carbocycles. The molecule has 0 radical (unpaired) electrons. The summed E-state index contributed by atoms with van der Waals surface area (Å²) in [5.41, 5.74) is 0. The third-order valence-corrected chi connectivity index (χ3v) is 4.02. The summed E-state index contributed by atoms with van der Waals surface area (Å²) >= 11 is 1.38. The Morgan fingerprint density at radius 2 is 2.22 bits per heavy atom. The van der Waals surface area contributed by atoms with Crippen LogP contribution in [0.15, 0.2) is 36.7 Å². The van der Waals surface area contributed by atoms with Crippen LogP contribution >= 0.6 is 11.3 Å². The number of aromatic nitrogens is 2. The normalized spacial score (nSPS) is 13.1. The van der Waals surface area contributed by atoms with Gasteiger partial charge < -0.3 is 9.67 Å². The van der Waals surface area contributed by atoms with Crippen molar-refractivity contribution < 1.29 is 9.50 Å². The van der Waals surface area contributed by atoms with Crippen molar-refractivity contribution in [2.24, 2.45) is 7.05 Å². The number of hydrogen-bond acceptors (Lipinski definition) is 3. The number of hydrogen-bond donors (Lipinski definition) is 1. The number of nitrogens with zero attached hydrogens (tertiary/aromatic N) is 2. The summed E-state index contributed by atoms with van der Waals surface area (Å²) < 4.78 is 15.7. The third-order valence-electron chi connectivity index (χ3n) is 2.87. The van der Waals surface area contributed by atoms with Crippen molar-refractivity contribution in [2.75, 3.05) is 0 Å². The van der Waals surface area contributed by atoms with E-state index in [9.17, 15) is 9.50 Å². The number of aliphatic hydroxyl groups excluding tert-OH is 1. The summed E-state index contributed by atoms with van der Waals surface area (Å²) in [5, 5.41) is 11.2. The summed E-state index contributed by atoms with van der Waals surface area (Å²) in [6.07, 6.45) is 2.65. The Bertz CT molecular complexity index is 704. The number of benzene rings is 1. The summed E-state index contributed by atoms with van der Waals surface area (Å²) in [4.78, 5) is 4.89. The van der Waals surface area contributed by atoms with E-state index in [1.807, 2.05) is 13.1 Å². The monoisotopic (exact) mass is 262 g/mol. The maximum atomic E-state index is 13.1. The molecule has 0 aliphatic rings. The lowest BCUT2D eigenvalue weighted by Crippen LogP contribution is -2.05. The zero-order chi connectivity index (χ0) is 12.7. The lowest BCUT2D eigenvalue weighted by atomic mass is 10.2. The van der Waals surface area contributed by atoms with Gasteiger partial charge in [0.2, 0.25) is 0 Å². The fourth-order valence-electron chi connectivity index (χ4n) is 1.93. The third kappa shape index (κ3) is 1.81. The van der Waals surface area contributed by atoms with Crippen molar-refractivity contribution in [3.63, 3.8) is 0 Å². The van der Waals surface area contributed by atoms with Crippen molar-refractivity contribution in [3.8, 4) is 0 Å². The van der Waals surface area contributed by atoms with Gasteiger partial charge in [-0.1, -0.05) is 6.07 Å². The second kappa shape index (κ2) is 4.19. The number of imidazole rings is 1. The molecule has 3 nitrogen and oxygen atoms in total. The second-order valence-electron chi connectivity index (χ2n) is 4.13. The van der Waals surface area contributed by atoms with E-state index in [0.717, 1.165) is 15.0 Å². The molecule has 92 valence electrons. The van der Waals surface area contributed by atoms with Gasteiger partial charge >= 0.3 is 0 Å². The van der Waals surface area contributed by atoms with Crippen LogP contribution in [0.1, 0.15) is 16.8 Å². The lowest BCUT2D eigenvalue weighted by Gasteiger charge is -2.07. The Morgan fingerprint density at radius 3 is 2.94 bits per heavy atom. The highest BCUT2D eigenvalue weighted by Gasteiger charge is 2.17. The maximum absolute atomic E-state index is 13.1. The van der Waals surface area contributed by atoms with Crippen LogP contribution in [0.3, 0.4) is 0 Å². The molecule has 1 N–H and O–H groups in total. The Balaban J connectivity index is 2.07. The zero-order valence-corrected chi connectivity index (χ0v) is 10.5. The number of fused-ring (bicyclic) bond motifs is 1. The molecule has 2 heterocycles. The van der Waals surface area contributed by atoms with Crippen molar-refractivity contribution >= 4 is 21.4 Å². The lowest BCUT2D eigenvalue weighted by molar-refractivity contribution is 0.210. The van der Waals surface area contributed by atoms with Crippen molar-refractivity contribution in [1.29, 1.82) is 0 Å². The Hall–Kier alpha value is -1.72. The molecule has 3 rings (SSSR count). The highest BCUT2D eigenvalue weighted by Crippen LogP contribution is 2.32. The van der Waals surface area contributed by atoms with Crippen LogP contribution in [-0.2, 0) is 7.05 Å². The van der Waals surface area contributed by atoms with E-state index in [1.165, 1.54) is 23.5 Å². The number of thiophene rings is 1. The molecule has 5 heteroatoms. The average Bonchev–Trinajstić information content (AvgIpc) is 2.93. The van der Waals surface area contributed by atoms with E-state index in [2.05, 4.69) is 4.98 Å².